The van der Waals surface area contributed by atoms with E-state index < -0.39 is 11.7 Å². The lowest BCUT2D eigenvalue weighted by atomic mass is 10.0. The number of nitrogen functional groups attached to an aromatic ring is 1. The van der Waals surface area contributed by atoms with Gasteiger partial charge in [-0.05, 0) is 42.2 Å². The smallest absolute Gasteiger partial charge is 0.345 e. The van der Waals surface area contributed by atoms with E-state index in [9.17, 15) is 14.0 Å². The second kappa shape index (κ2) is 14.1. The third-order valence-corrected chi connectivity index (χ3v) is 8.00. The number of nitrogens with two attached hydrogens (primary N) is 1. The summed E-state index contributed by atoms with van der Waals surface area (Å²) in [7, 11) is 3.14. The number of methoxy groups -OCH3 is 1. The summed E-state index contributed by atoms with van der Waals surface area (Å²) in [5.41, 5.74) is 10.4. The molecule has 3 heterocycles. The van der Waals surface area contributed by atoms with Crippen molar-refractivity contribution in [2.75, 3.05) is 26.4 Å². The van der Waals surface area contributed by atoms with Gasteiger partial charge in [-0.3, -0.25) is 4.79 Å². The monoisotopic (exact) mass is 648 g/mol. The molecule has 244 valence electrons. The lowest BCUT2D eigenvalue weighted by Gasteiger charge is -2.22. The summed E-state index contributed by atoms with van der Waals surface area (Å²) in [6.45, 7) is 0.620. The van der Waals surface area contributed by atoms with Crippen molar-refractivity contribution in [2.45, 2.75) is 25.4 Å². The van der Waals surface area contributed by atoms with Crippen molar-refractivity contribution in [2.24, 2.45) is 0 Å². The Kier molecular flexibility index (Phi) is 9.32. The standard InChI is InChI=1S/C34H33FN10O3/c1-43(34(47)44-21-37-19-41-44)15-14-26(16-22-6-4-3-5-7-22)45-32-29(31(36)39-20-40-32)30(42-45)24-10-8-23(9-11-24)18-38-33(46)27-17-25(35)12-13-28(27)48-2/h3-13,17,19-21,26H,14-16,18H2,1-2H3,(H,38,46)(H2,36,39,40). The molecule has 2 amide bonds. The van der Waals surface area contributed by atoms with Crippen LogP contribution in [0.1, 0.15) is 33.9 Å². The predicted octanol–water partition coefficient (Wildman–Crippen LogP) is 4.52. The van der Waals surface area contributed by atoms with E-state index in [1.165, 1.54) is 42.9 Å². The highest BCUT2D eigenvalue weighted by Gasteiger charge is 2.24. The first kappa shape index (κ1) is 31.8. The number of hydrogen-bond donors (Lipinski definition) is 2. The van der Waals surface area contributed by atoms with Crippen LogP contribution in [-0.4, -0.2) is 72.1 Å². The Morgan fingerprint density at radius 2 is 1.81 bits per heavy atom. The Balaban J connectivity index is 1.27. The van der Waals surface area contributed by atoms with Crippen LogP contribution in [0.25, 0.3) is 22.3 Å². The fourth-order valence-electron chi connectivity index (χ4n) is 5.48. The maximum Gasteiger partial charge on any atom is 0.345 e. The Bertz CT molecular complexity index is 2030. The first-order valence-electron chi connectivity index (χ1n) is 15.2. The number of benzene rings is 3. The van der Waals surface area contributed by atoms with Gasteiger partial charge in [0.2, 0.25) is 0 Å². The van der Waals surface area contributed by atoms with E-state index in [1.54, 1.807) is 11.9 Å². The van der Waals surface area contributed by atoms with Gasteiger partial charge in [-0.1, -0.05) is 54.6 Å². The van der Waals surface area contributed by atoms with E-state index >= 15 is 0 Å². The number of aromatic nitrogens is 7. The van der Waals surface area contributed by atoms with Crippen LogP contribution >= 0.6 is 0 Å². The highest BCUT2D eigenvalue weighted by atomic mass is 19.1. The molecule has 0 saturated heterocycles. The lowest BCUT2D eigenvalue weighted by Crippen LogP contribution is -2.33. The van der Waals surface area contributed by atoms with Crippen molar-refractivity contribution in [3.8, 4) is 17.0 Å². The number of nitrogens with zero attached hydrogens (tertiary/aromatic N) is 8. The van der Waals surface area contributed by atoms with Crippen molar-refractivity contribution in [1.82, 2.24) is 44.7 Å². The minimum absolute atomic E-state index is 0.112. The number of fused-ring (bicyclic) bond motifs is 1. The molecule has 48 heavy (non-hydrogen) atoms. The third-order valence-electron chi connectivity index (χ3n) is 8.00. The molecule has 0 bridgehead atoms. The van der Waals surface area contributed by atoms with Gasteiger partial charge in [-0.15, -0.1) is 0 Å². The maximum atomic E-state index is 13.8. The second-order valence-corrected chi connectivity index (χ2v) is 11.2. The summed E-state index contributed by atoms with van der Waals surface area (Å²) < 4.78 is 22.1. The van der Waals surface area contributed by atoms with Crippen molar-refractivity contribution >= 4 is 28.8 Å². The number of carbonyl (C=O) groups excluding carboxylic acids is 2. The Hall–Kier alpha value is -6.18. The van der Waals surface area contributed by atoms with E-state index in [0.717, 1.165) is 22.8 Å². The highest BCUT2D eigenvalue weighted by molar-refractivity contribution is 5.98. The molecular weight excluding hydrogens is 615 g/mol. The number of anilines is 1. The number of rotatable bonds is 11. The van der Waals surface area contributed by atoms with Gasteiger partial charge < -0.3 is 20.7 Å². The lowest BCUT2D eigenvalue weighted by molar-refractivity contribution is 0.0947. The molecule has 0 aliphatic carbocycles. The number of ether oxygens (including phenoxy) is 1. The molecule has 0 aliphatic rings. The molecule has 1 unspecified atom stereocenters. The summed E-state index contributed by atoms with van der Waals surface area (Å²) >= 11 is 0. The zero-order valence-corrected chi connectivity index (χ0v) is 26.3. The summed E-state index contributed by atoms with van der Waals surface area (Å²) in [6, 6.07) is 20.9. The molecule has 3 N–H and O–H groups in total. The second-order valence-electron chi connectivity index (χ2n) is 11.2. The first-order chi connectivity index (χ1) is 23.3. The van der Waals surface area contributed by atoms with Gasteiger partial charge in [-0.2, -0.15) is 14.9 Å². The van der Waals surface area contributed by atoms with Gasteiger partial charge in [0.1, 0.15) is 42.1 Å². The fourth-order valence-corrected chi connectivity index (χ4v) is 5.48. The highest BCUT2D eigenvalue weighted by Crippen LogP contribution is 2.33. The van der Waals surface area contributed by atoms with E-state index in [1.807, 2.05) is 47.1 Å². The Morgan fingerprint density at radius 3 is 2.54 bits per heavy atom. The van der Waals surface area contributed by atoms with Crippen LogP contribution in [0.2, 0.25) is 0 Å². The average molecular weight is 649 g/mol. The molecule has 14 heteroatoms. The van der Waals surface area contributed by atoms with E-state index in [0.29, 0.717) is 41.9 Å². The normalized spacial score (nSPS) is 11.7. The number of amides is 2. The van der Waals surface area contributed by atoms with Gasteiger partial charge >= 0.3 is 6.03 Å². The molecule has 6 rings (SSSR count). The Labute approximate surface area is 275 Å². The maximum absolute atomic E-state index is 13.8. The van der Waals surface area contributed by atoms with E-state index in [-0.39, 0.29) is 29.9 Å². The summed E-state index contributed by atoms with van der Waals surface area (Å²) in [4.78, 5) is 40.0. The SMILES string of the molecule is COc1ccc(F)cc1C(=O)NCc1ccc(-c2nn(C(CCN(C)C(=O)n3cncn3)Cc3ccccc3)c3ncnc(N)c23)cc1. The molecule has 13 nitrogen and oxygen atoms in total. The van der Waals surface area contributed by atoms with Crippen molar-refractivity contribution in [3.05, 3.63) is 114 Å². The molecule has 0 spiro atoms. The van der Waals surface area contributed by atoms with Crippen molar-refractivity contribution < 1.29 is 18.7 Å². The average Bonchev–Trinajstić information content (AvgIpc) is 3.79. The molecule has 3 aromatic heterocycles. The number of hydrogen-bond acceptors (Lipinski definition) is 9. The number of halogens is 1. The van der Waals surface area contributed by atoms with Crippen LogP contribution in [0.4, 0.5) is 15.0 Å². The van der Waals surface area contributed by atoms with Crippen LogP contribution < -0.4 is 15.8 Å². The predicted molar refractivity (Wildman–Crippen MR) is 177 cm³/mol. The summed E-state index contributed by atoms with van der Waals surface area (Å²) in [5, 5.41) is 12.4. The van der Waals surface area contributed by atoms with Crippen LogP contribution in [0.15, 0.2) is 91.8 Å². The van der Waals surface area contributed by atoms with Gasteiger partial charge in [0.25, 0.3) is 5.91 Å². The first-order valence-corrected chi connectivity index (χ1v) is 15.2. The molecule has 0 aliphatic heterocycles. The summed E-state index contributed by atoms with van der Waals surface area (Å²) in [5.74, 6) is -0.411. The van der Waals surface area contributed by atoms with Gasteiger partial charge in [0.05, 0.1) is 24.1 Å². The van der Waals surface area contributed by atoms with Crippen molar-refractivity contribution in [3.63, 3.8) is 0 Å². The molecule has 3 aromatic carbocycles. The fraction of sp³-hybridized carbons (Fsp3) is 0.206. The minimum atomic E-state index is -0.529. The quantitative estimate of drug-likeness (QED) is 0.206. The molecule has 1 atom stereocenters. The van der Waals surface area contributed by atoms with Crippen LogP contribution in [0, 0.1) is 5.82 Å². The third kappa shape index (κ3) is 6.82. The number of carbonyl (C=O) groups is 2. The van der Waals surface area contributed by atoms with Gasteiger partial charge in [0.15, 0.2) is 5.65 Å². The van der Waals surface area contributed by atoms with E-state index in [4.69, 9.17) is 15.6 Å². The number of nitrogens with one attached hydrogen (secondary N) is 1. The van der Waals surface area contributed by atoms with Gasteiger partial charge in [-0.25, -0.2) is 28.8 Å². The van der Waals surface area contributed by atoms with Crippen molar-refractivity contribution in [1.29, 1.82) is 0 Å². The zero-order chi connectivity index (χ0) is 33.6. The van der Waals surface area contributed by atoms with Crippen LogP contribution in [0.5, 0.6) is 5.75 Å². The molecule has 0 radical (unpaired) electrons. The summed E-state index contributed by atoms with van der Waals surface area (Å²) in [6.07, 6.45) is 5.28. The largest absolute Gasteiger partial charge is 0.496 e. The van der Waals surface area contributed by atoms with Gasteiger partial charge in [0, 0.05) is 25.7 Å². The topological polar surface area (TPSA) is 159 Å². The Morgan fingerprint density at radius 1 is 1.02 bits per heavy atom. The molecule has 0 fully saturated rings. The molecule has 0 saturated carbocycles. The minimum Gasteiger partial charge on any atom is -0.496 e. The van der Waals surface area contributed by atoms with E-state index in [2.05, 4.69) is 37.5 Å². The van der Waals surface area contributed by atoms with Crippen LogP contribution in [-0.2, 0) is 13.0 Å². The molecule has 6 aromatic rings. The zero-order valence-electron chi connectivity index (χ0n) is 26.3. The van der Waals surface area contributed by atoms with Crippen LogP contribution in [0.3, 0.4) is 0 Å². The molecular formula is C34H33FN10O3.